The maximum absolute atomic E-state index is 12.8. The number of halogens is 1. The Morgan fingerprint density at radius 3 is 2.44 bits per heavy atom. The highest BCUT2D eigenvalue weighted by atomic mass is 35.5. The van der Waals surface area contributed by atoms with E-state index in [2.05, 4.69) is 4.98 Å². The number of carbonyl (C=O) groups is 1. The van der Waals surface area contributed by atoms with Crippen LogP contribution in [0.5, 0.6) is 5.75 Å². The summed E-state index contributed by atoms with van der Waals surface area (Å²) < 4.78 is 10.2. The van der Waals surface area contributed by atoms with Crippen LogP contribution in [-0.2, 0) is 16.1 Å². The average molecular weight is 488 g/mol. The number of aromatic nitrogens is 1. The molecule has 34 heavy (non-hydrogen) atoms. The fourth-order valence-electron chi connectivity index (χ4n) is 3.95. The molecule has 0 saturated carbocycles. The SMILES string of the molecule is CCN(Cc1ccc(Cl)nc1)C1=C([N+](=O)[O-])C(c2ccc(OC)cc2)C(C(=O)OC)=C(N)N1C. The van der Waals surface area contributed by atoms with Gasteiger partial charge in [0, 0.05) is 26.3 Å². The molecule has 2 heterocycles. The van der Waals surface area contributed by atoms with E-state index in [-0.39, 0.29) is 22.9 Å². The molecule has 10 nitrogen and oxygen atoms in total. The van der Waals surface area contributed by atoms with Crippen LogP contribution in [0, 0.1) is 10.1 Å². The van der Waals surface area contributed by atoms with Crippen molar-refractivity contribution in [3.63, 3.8) is 0 Å². The Hall–Kier alpha value is -3.79. The summed E-state index contributed by atoms with van der Waals surface area (Å²) in [6.45, 7) is 2.61. The van der Waals surface area contributed by atoms with Gasteiger partial charge < -0.3 is 25.0 Å². The van der Waals surface area contributed by atoms with E-state index in [1.165, 1.54) is 19.1 Å². The molecular weight excluding hydrogens is 462 g/mol. The van der Waals surface area contributed by atoms with E-state index in [1.54, 1.807) is 54.5 Å². The van der Waals surface area contributed by atoms with E-state index in [4.69, 9.17) is 26.8 Å². The number of rotatable bonds is 8. The highest BCUT2D eigenvalue weighted by molar-refractivity contribution is 6.29. The third kappa shape index (κ3) is 4.76. The maximum Gasteiger partial charge on any atom is 0.338 e. The quantitative estimate of drug-likeness (QED) is 0.259. The normalized spacial score (nSPS) is 15.9. The molecule has 3 rings (SSSR count). The predicted octanol–water partition coefficient (Wildman–Crippen LogP) is 3.08. The summed E-state index contributed by atoms with van der Waals surface area (Å²) in [5, 5.41) is 12.9. The number of nitro groups is 1. The molecule has 1 aromatic carbocycles. The van der Waals surface area contributed by atoms with E-state index in [0.717, 1.165) is 5.56 Å². The summed E-state index contributed by atoms with van der Waals surface area (Å²) in [4.78, 5) is 32.2. The minimum Gasteiger partial charge on any atom is -0.497 e. The topological polar surface area (TPSA) is 124 Å². The molecule has 0 bridgehead atoms. The van der Waals surface area contributed by atoms with Gasteiger partial charge in [0.05, 0.1) is 24.7 Å². The van der Waals surface area contributed by atoms with Gasteiger partial charge in [-0.15, -0.1) is 0 Å². The third-order valence-electron chi connectivity index (χ3n) is 5.64. The summed E-state index contributed by atoms with van der Waals surface area (Å²) in [5.41, 5.74) is 7.52. The number of nitrogens with two attached hydrogens (primary N) is 1. The number of allylic oxidation sites excluding steroid dienone is 1. The average Bonchev–Trinajstić information content (AvgIpc) is 2.84. The van der Waals surface area contributed by atoms with Gasteiger partial charge in [-0.2, -0.15) is 0 Å². The smallest absolute Gasteiger partial charge is 0.338 e. The first-order chi connectivity index (χ1) is 16.2. The van der Waals surface area contributed by atoms with Gasteiger partial charge in [-0.1, -0.05) is 29.8 Å². The molecule has 0 radical (unpaired) electrons. The van der Waals surface area contributed by atoms with Crippen LogP contribution in [0.15, 0.2) is 65.5 Å². The van der Waals surface area contributed by atoms with Crippen LogP contribution >= 0.6 is 11.6 Å². The van der Waals surface area contributed by atoms with Gasteiger partial charge in [0.25, 0.3) is 5.70 Å². The van der Waals surface area contributed by atoms with Crippen LogP contribution in [-0.4, -0.2) is 53.5 Å². The molecule has 11 heteroatoms. The van der Waals surface area contributed by atoms with Crippen molar-refractivity contribution in [3.8, 4) is 5.75 Å². The van der Waals surface area contributed by atoms with E-state index >= 15 is 0 Å². The molecule has 0 fully saturated rings. The zero-order chi connectivity index (χ0) is 25.0. The van der Waals surface area contributed by atoms with Crippen molar-refractivity contribution in [1.29, 1.82) is 0 Å². The van der Waals surface area contributed by atoms with E-state index in [0.29, 0.717) is 29.6 Å². The lowest BCUT2D eigenvalue weighted by atomic mass is 9.85. The fourth-order valence-corrected chi connectivity index (χ4v) is 4.06. The molecule has 2 N–H and O–H groups in total. The lowest BCUT2D eigenvalue weighted by Crippen LogP contribution is -2.43. The second-order valence-corrected chi connectivity index (χ2v) is 7.91. The van der Waals surface area contributed by atoms with E-state index < -0.39 is 16.8 Å². The molecule has 2 aromatic rings. The summed E-state index contributed by atoms with van der Waals surface area (Å²) in [5.74, 6) is -0.884. The first-order valence-corrected chi connectivity index (χ1v) is 10.8. The van der Waals surface area contributed by atoms with Gasteiger partial charge in [-0.3, -0.25) is 10.1 Å². The van der Waals surface area contributed by atoms with Gasteiger partial charge in [0.15, 0.2) is 5.82 Å². The minimum absolute atomic E-state index is 0.00479. The first-order valence-electron chi connectivity index (χ1n) is 10.4. The van der Waals surface area contributed by atoms with E-state index in [9.17, 15) is 14.9 Å². The van der Waals surface area contributed by atoms with Crippen molar-refractivity contribution in [1.82, 2.24) is 14.8 Å². The molecule has 1 aromatic heterocycles. The number of ether oxygens (including phenoxy) is 2. The Morgan fingerprint density at radius 1 is 1.26 bits per heavy atom. The Balaban J connectivity index is 2.22. The number of methoxy groups -OCH3 is 2. The number of hydrogen-bond donors (Lipinski definition) is 1. The summed E-state index contributed by atoms with van der Waals surface area (Å²) in [7, 11) is 4.32. The molecule has 1 atom stereocenters. The lowest BCUT2D eigenvalue weighted by Gasteiger charge is -2.38. The third-order valence-corrected chi connectivity index (χ3v) is 5.86. The first kappa shape index (κ1) is 24.8. The van der Waals surface area contributed by atoms with Crippen molar-refractivity contribution in [2.24, 2.45) is 5.73 Å². The molecule has 0 saturated heterocycles. The van der Waals surface area contributed by atoms with Crippen molar-refractivity contribution in [3.05, 3.63) is 91.9 Å². The van der Waals surface area contributed by atoms with Crippen LogP contribution in [0.1, 0.15) is 24.0 Å². The summed E-state index contributed by atoms with van der Waals surface area (Å²) >= 11 is 5.90. The second-order valence-electron chi connectivity index (χ2n) is 7.52. The molecule has 1 aliphatic rings. The number of pyridine rings is 1. The molecule has 0 aliphatic carbocycles. The molecule has 1 unspecified atom stereocenters. The van der Waals surface area contributed by atoms with Crippen molar-refractivity contribution < 1.29 is 19.2 Å². The Morgan fingerprint density at radius 2 is 1.94 bits per heavy atom. The highest BCUT2D eigenvalue weighted by Crippen LogP contribution is 2.42. The van der Waals surface area contributed by atoms with Gasteiger partial charge in [0.2, 0.25) is 0 Å². The molecule has 180 valence electrons. The van der Waals surface area contributed by atoms with Crippen LogP contribution in [0.2, 0.25) is 5.15 Å². The Labute approximate surface area is 202 Å². The summed E-state index contributed by atoms with van der Waals surface area (Å²) in [6.07, 6.45) is 1.61. The molecule has 0 amide bonds. The van der Waals surface area contributed by atoms with Crippen molar-refractivity contribution in [2.75, 3.05) is 27.8 Å². The zero-order valence-corrected chi connectivity index (χ0v) is 20.1. The predicted molar refractivity (Wildman–Crippen MR) is 126 cm³/mol. The van der Waals surface area contributed by atoms with Crippen LogP contribution < -0.4 is 10.5 Å². The van der Waals surface area contributed by atoms with Gasteiger partial charge in [0.1, 0.15) is 22.6 Å². The Bertz CT molecular complexity index is 1130. The van der Waals surface area contributed by atoms with E-state index in [1.807, 2.05) is 6.92 Å². The maximum atomic E-state index is 12.8. The molecule has 1 aliphatic heterocycles. The number of carbonyl (C=O) groups excluding carboxylic acids is 1. The standard InChI is InChI=1S/C23H26ClN5O5/c1-5-28(13-14-6-11-17(24)26-12-14)22-20(29(31)32)18(15-7-9-16(33-3)10-8-15)19(23(30)34-4)21(25)27(22)2/h6-12,18H,5,13,25H2,1-4H3. The lowest BCUT2D eigenvalue weighted by molar-refractivity contribution is -0.433. The zero-order valence-electron chi connectivity index (χ0n) is 19.3. The number of esters is 1. The number of hydrogen-bond acceptors (Lipinski definition) is 9. The monoisotopic (exact) mass is 487 g/mol. The van der Waals surface area contributed by atoms with Crippen LogP contribution in [0.4, 0.5) is 0 Å². The van der Waals surface area contributed by atoms with Crippen molar-refractivity contribution >= 4 is 17.6 Å². The molecule has 0 spiro atoms. The largest absolute Gasteiger partial charge is 0.497 e. The van der Waals surface area contributed by atoms with Gasteiger partial charge in [-0.25, -0.2) is 9.78 Å². The van der Waals surface area contributed by atoms with Crippen molar-refractivity contribution in [2.45, 2.75) is 19.4 Å². The Kier molecular flexibility index (Phi) is 7.62. The van der Waals surface area contributed by atoms with Crippen LogP contribution in [0.3, 0.4) is 0 Å². The second kappa shape index (κ2) is 10.4. The number of benzene rings is 1. The minimum atomic E-state index is -1.06. The summed E-state index contributed by atoms with van der Waals surface area (Å²) in [6, 6.07) is 10.1. The fraction of sp³-hybridized carbons (Fsp3) is 0.304. The molecular formula is C23H26ClN5O5. The van der Waals surface area contributed by atoms with Gasteiger partial charge >= 0.3 is 5.97 Å². The highest BCUT2D eigenvalue weighted by Gasteiger charge is 2.46. The van der Waals surface area contributed by atoms with Crippen LogP contribution in [0.25, 0.3) is 0 Å². The van der Waals surface area contributed by atoms with Gasteiger partial charge in [-0.05, 0) is 36.2 Å². The number of nitrogens with zero attached hydrogens (tertiary/aromatic N) is 4.